The zero-order valence-corrected chi connectivity index (χ0v) is 11.3. The minimum Gasteiger partial charge on any atom is -0.477 e. The number of rotatable bonds is 3. The van der Waals surface area contributed by atoms with Crippen molar-refractivity contribution in [3.63, 3.8) is 0 Å². The van der Waals surface area contributed by atoms with Crippen molar-refractivity contribution in [2.75, 3.05) is 5.75 Å². The number of carboxylic acid groups (broad SMARTS) is 1. The second-order valence-electron chi connectivity index (χ2n) is 4.61. The van der Waals surface area contributed by atoms with Gasteiger partial charge in [0, 0.05) is 11.3 Å². The Balaban J connectivity index is 1.94. The first-order valence-electron chi connectivity index (χ1n) is 6.04. The normalized spacial score (nSPS) is 25.2. The van der Waals surface area contributed by atoms with Crippen molar-refractivity contribution >= 4 is 23.6 Å². The van der Waals surface area contributed by atoms with Gasteiger partial charge in [0.1, 0.15) is 17.1 Å². The molecule has 2 aliphatic rings. The fraction of sp³-hybridized carbons (Fsp3) is 0.333. The Hall–Kier alpha value is -1.93. The Kier molecular flexibility index (Phi) is 3.19. The summed E-state index contributed by atoms with van der Waals surface area (Å²) in [6, 6.07) is -0.593. The van der Waals surface area contributed by atoms with Crippen LogP contribution in [0.5, 0.6) is 0 Å². The molecule has 0 radical (unpaired) electrons. The van der Waals surface area contributed by atoms with Gasteiger partial charge >= 0.3 is 5.97 Å². The Morgan fingerprint density at radius 3 is 2.90 bits per heavy atom. The van der Waals surface area contributed by atoms with Gasteiger partial charge in [0.05, 0.1) is 12.4 Å². The van der Waals surface area contributed by atoms with Crippen LogP contribution in [0, 0.1) is 0 Å². The Bertz CT molecular complexity index is 604. The van der Waals surface area contributed by atoms with Crippen molar-refractivity contribution < 1.29 is 19.3 Å². The molecule has 0 aliphatic carbocycles. The minimum absolute atomic E-state index is 0.0739. The summed E-state index contributed by atoms with van der Waals surface area (Å²) in [7, 11) is 0. The van der Waals surface area contributed by atoms with Crippen LogP contribution in [0.1, 0.15) is 0 Å². The molecular formula is C12H13N4O3S+. The summed E-state index contributed by atoms with van der Waals surface area (Å²) in [5.74, 6) is -0.851. The summed E-state index contributed by atoms with van der Waals surface area (Å²) in [4.78, 5) is 28.5. The van der Waals surface area contributed by atoms with E-state index in [-0.39, 0.29) is 17.0 Å². The fourth-order valence-electron chi connectivity index (χ4n) is 2.37. The SMILES string of the molecule is NC1C(=O)N2C(C(=O)O)=C(C[n+]3ccncc3)CS[C@@H]12. The summed E-state index contributed by atoms with van der Waals surface area (Å²) in [6.07, 6.45) is 6.77. The maximum absolute atomic E-state index is 11.8. The maximum atomic E-state index is 11.8. The van der Waals surface area contributed by atoms with E-state index < -0.39 is 12.0 Å². The fourth-order valence-corrected chi connectivity index (χ4v) is 3.66. The molecule has 3 rings (SSSR count). The Labute approximate surface area is 119 Å². The molecule has 2 atom stereocenters. The van der Waals surface area contributed by atoms with Crippen molar-refractivity contribution in [1.29, 1.82) is 0 Å². The molecule has 1 aromatic rings. The zero-order valence-electron chi connectivity index (χ0n) is 10.5. The number of hydrogen-bond acceptors (Lipinski definition) is 5. The number of carbonyl (C=O) groups excluding carboxylic acids is 1. The number of thioether (sulfide) groups is 1. The predicted molar refractivity (Wildman–Crippen MR) is 70.2 cm³/mol. The van der Waals surface area contributed by atoms with Gasteiger partial charge in [-0.1, -0.05) is 0 Å². The van der Waals surface area contributed by atoms with Crippen molar-refractivity contribution in [2.24, 2.45) is 5.73 Å². The highest BCUT2D eigenvalue weighted by Crippen LogP contribution is 2.39. The number of carboxylic acids is 1. The molecule has 0 saturated carbocycles. The lowest BCUT2D eigenvalue weighted by atomic mass is 10.0. The van der Waals surface area contributed by atoms with E-state index in [2.05, 4.69) is 4.98 Å². The van der Waals surface area contributed by atoms with E-state index in [4.69, 9.17) is 5.73 Å². The molecule has 3 N–H and O–H groups in total. The zero-order chi connectivity index (χ0) is 14.3. The van der Waals surface area contributed by atoms with Crippen LogP contribution >= 0.6 is 11.8 Å². The molecular weight excluding hydrogens is 280 g/mol. The first kappa shape index (κ1) is 13.1. The topological polar surface area (TPSA) is 100 Å². The smallest absolute Gasteiger partial charge is 0.352 e. The number of hydrogen-bond donors (Lipinski definition) is 2. The van der Waals surface area contributed by atoms with E-state index in [1.807, 2.05) is 4.57 Å². The maximum Gasteiger partial charge on any atom is 0.352 e. The van der Waals surface area contributed by atoms with E-state index in [9.17, 15) is 14.7 Å². The summed E-state index contributed by atoms with van der Waals surface area (Å²) in [5.41, 5.74) is 6.47. The van der Waals surface area contributed by atoms with Crippen LogP contribution in [0.15, 0.2) is 36.1 Å². The molecule has 1 saturated heterocycles. The van der Waals surface area contributed by atoms with E-state index in [1.54, 1.807) is 24.8 Å². The standard InChI is InChI=1S/C12H12N4O3S/c13-8-10(17)16-9(12(18)19)7(6-20-11(8)16)5-15-3-1-14-2-4-15/h1-4,8,11H,5-6,13H2/p+1/t8?,11-/m0/s1. The van der Waals surface area contributed by atoms with Crippen LogP contribution < -0.4 is 10.3 Å². The highest BCUT2D eigenvalue weighted by atomic mass is 32.2. The van der Waals surface area contributed by atoms with Crippen LogP contribution in [-0.4, -0.2) is 44.0 Å². The van der Waals surface area contributed by atoms with E-state index in [1.165, 1.54) is 16.7 Å². The van der Waals surface area contributed by atoms with Crippen LogP contribution in [0.4, 0.5) is 0 Å². The van der Waals surface area contributed by atoms with E-state index in [0.717, 1.165) is 0 Å². The third-order valence-electron chi connectivity index (χ3n) is 3.35. The van der Waals surface area contributed by atoms with Gasteiger partial charge in [-0.2, -0.15) is 4.57 Å². The molecule has 8 heteroatoms. The van der Waals surface area contributed by atoms with Crippen molar-refractivity contribution in [2.45, 2.75) is 18.0 Å². The lowest BCUT2D eigenvalue weighted by Crippen LogP contribution is -2.68. The molecule has 0 bridgehead atoms. The molecule has 7 nitrogen and oxygen atoms in total. The average Bonchev–Trinajstić information content (AvgIpc) is 2.46. The molecule has 2 aliphatic heterocycles. The second-order valence-corrected chi connectivity index (χ2v) is 5.72. The average molecular weight is 293 g/mol. The van der Waals surface area contributed by atoms with Gasteiger partial charge in [-0.3, -0.25) is 14.7 Å². The monoisotopic (exact) mass is 293 g/mol. The predicted octanol–water partition coefficient (Wildman–Crippen LogP) is -1.05. The number of β-lactam (4-membered cyclic amide) rings is 1. The molecule has 104 valence electrons. The molecule has 1 unspecified atom stereocenters. The van der Waals surface area contributed by atoms with Gasteiger partial charge in [0.15, 0.2) is 18.9 Å². The second kappa shape index (κ2) is 4.88. The van der Waals surface area contributed by atoms with Gasteiger partial charge in [0.25, 0.3) is 0 Å². The summed E-state index contributed by atoms with van der Waals surface area (Å²) >= 11 is 1.50. The van der Waals surface area contributed by atoms with Crippen LogP contribution in [-0.2, 0) is 16.1 Å². The number of fused-ring (bicyclic) bond motifs is 1. The Morgan fingerprint density at radius 2 is 2.25 bits per heavy atom. The molecule has 0 aromatic carbocycles. The molecule has 3 heterocycles. The van der Waals surface area contributed by atoms with Crippen molar-refractivity contribution in [3.8, 4) is 0 Å². The molecule has 1 amide bonds. The van der Waals surface area contributed by atoms with Crippen LogP contribution in [0.2, 0.25) is 0 Å². The lowest BCUT2D eigenvalue weighted by molar-refractivity contribution is -0.689. The number of nitrogens with zero attached hydrogens (tertiary/aromatic N) is 3. The summed E-state index contributed by atoms with van der Waals surface area (Å²) in [6.45, 7) is 0.420. The third-order valence-corrected chi connectivity index (χ3v) is 4.71. The largest absolute Gasteiger partial charge is 0.477 e. The minimum atomic E-state index is -1.08. The van der Waals surface area contributed by atoms with Gasteiger partial charge in [-0.15, -0.1) is 11.8 Å². The number of aromatic nitrogens is 2. The number of nitrogens with two attached hydrogens (primary N) is 1. The van der Waals surface area contributed by atoms with Crippen LogP contribution in [0.3, 0.4) is 0 Å². The van der Waals surface area contributed by atoms with Gasteiger partial charge in [-0.05, 0) is 0 Å². The summed E-state index contributed by atoms with van der Waals surface area (Å²) in [5, 5.41) is 9.14. The highest BCUT2D eigenvalue weighted by molar-refractivity contribution is 8.00. The number of carbonyl (C=O) groups is 2. The highest BCUT2D eigenvalue weighted by Gasteiger charge is 2.52. The number of amides is 1. The van der Waals surface area contributed by atoms with Gasteiger partial charge in [0.2, 0.25) is 5.91 Å². The van der Waals surface area contributed by atoms with Crippen molar-refractivity contribution in [3.05, 3.63) is 36.1 Å². The molecule has 20 heavy (non-hydrogen) atoms. The van der Waals surface area contributed by atoms with Gasteiger partial charge < -0.3 is 10.8 Å². The number of aliphatic carboxylic acids is 1. The van der Waals surface area contributed by atoms with Gasteiger partial charge in [-0.25, -0.2) is 4.79 Å². The van der Waals surface area contributed by atoms with Crippen molar-refractivity contribution in [1.82, 2.24) is 9.88 Å². The third kappa shape index (κ3) is 1.97. The molecule has 0 spiro atoms. The van der Waals surface area contributed by atoms with E-state index >= 15 is 0 Å². The first-order valence-corrected chi connectivity index (χ1v) is 7.09. The lowest BCUT2D eigenvalue weighted by Gasteiger charge is -2.47. The quantitative estimate of drug-likeness (QED) is 0.545. The molecule has 1 fully saturated rings. The van der Waals surface area contributed by atoms with E-state index in [0.29, 0.717) is 17.9 Å². The first-order chi connectivity index (χ1) is 9.59. The molecule has 1 aromatic heterocycles. The summed E-state index contributed by atoms with van der Waals surface area (Å²) < 4.78 is 1.83. The Morgan fingerprint density at radius 1 is 1.55 bits per heavy atom. The van der Waals surface area contributed by atoms with Crippen LogP contribution in [0.25, 0.3) is 0 Å².